The van der Waals surface area contributed by atoms with Crippen molar-refractivity contribution < 1.29 is 48.3 Å². The predicted molar refractivity (Wildman–Crippen MR) is 175 cm³/mol. The van der Waals surface area contributed by atoms with E-state index in [4.69, 9.17) is 23.4 Å². The maximum Gasteiger partial charge on any atom is 0.290 e. The number of rotatable bonds is 12. The molecule has 0 spiro atoms. The van der Waals surface area contributed by atoms with Crippen LogP contribution < -0.4 is 24.3 Å². The minimum Gasteiger partial charge on any atom is -0.496 e. The molecule has 2 aliphatic rings. The number of nitrogens with zero attached hydrogens (tertiary/aromatic N) is 1. The number of fused-ring (bicyclic) bond motifs is 4. The lowest BCUT2D eigenvalue weighted by molar-refractivity contribution is -0.118. The molecule has 0 radical (unpaired) electrons. The van der Waals surface area contributed by atoms with Gasteiger partial charge in [0.05, 0.1) is 46.5 Å². The van der Waals surface area contributed by atoms with Gasteiger partial charge in [0.2, 0.25) is 5.91 Å². The van der Waals surface area contributed by atoms with Crippen molar-refractivity contribution >= 4 is 22.8 Å². The Labute approximate surface area is 277 Å². The molecule has 1 aliphatic heterocycles. The number of aliphatic hydroxyl groups excluding tert-OH is 3. The molecule has 2 heterocycles. The van der Waals surface area contributed by atoms with E-state index in [0.29, 0.717) is 51.5 Å². The van der Waals surface area contributed by atoms with Gasteiger partial charge in [0, 0.05) is 29.6 Å². The first kappa shape index (κ1) is 32.9. The van der Waals surface area contributed by atoms with Crippen molar-refractivity contribution in [3.8, 4) is 23.0 Å². The van der Waals surface area contributed by atoms with Gasteiger partial charge in [-0.25, -0.2) is 0 Å². The van der Waals surface area contributed by atoms with E-state index in [9.17, 15) is 24.9 Å². The number of ether oxygens (including phenoxy) is 4. The summed E-state index contributed by atoms with van der Waals surface area (Å²) >= 11 is 0. The molecule has 4 N–H and O–H groups in total. The lowest BCUT2D eigenvalue weighted by Crippen LogP contribution is -2.56. The normalized spacial score (nSPS) is 19.5. The largest absolute Gasteiger partial charge is 0.496 e. The molecule has 0 saturated heterocycles. The zero-order valence-corrected chi connectivity index (χ0v) is 26.8. The number of amides is 2. The highest BCUT2D eigenvalue weighted by Crippen LogP contribution is 2.51. The fourth-order valence-electron chi connectivity index (χ4n) is 6.60. The van der Waals surface area contributed by atoms with Crippen molar-refractivity contribution in [2.24, 2.45) is 0 Å². The third-order valence-electron chi connectivity index (χ3n) is 8.87. The van der Waals surface area contributed by atoms with E-state index in [1.807, 2.05) is 24.3 Å². The summed E-state index contributed by atoms with van der Waals surface area (Å²) < 4.78 is 29.0. The maximum absolute atomic E-state index is 14.5. The first-order valence-electron chi connectivity index (χ1n) is 15.6. The standard InChI is InChI=1S/C36H38N2O10/c1-44-26-9-5-4-7-21(26)11-13-38(36(43)29-17-22-8-6-10-27(45-2)32(22)47-29)25-18-24(35(42)37-12-14-39)30-23-15-20(19-40)16-28(46-3)33(23)48-34(30)31(25)41/h4-10,15-18,25,30-31,34,39-41H,11-14,19H2,1-3H3,(H,37,42). The maximum atomic E-state index is 14.5. The summed E-state index contributed by atoms with van der Waals surface area (Å²) in [5.74, 6) is 0.0263. The van der Waals surface area contributed by atoms with Crippen LogP contribution in [-0.4, -0.2) is 91.3 Å². The number of carbonyl (C=O) groups excluding carboxylic acids is 2. The van der Waals surface area contributed by atoms with Crippen LogP contribution in [0.2, 0.25) is 0 Å². The van der Waals surface area contributed by atoms with Gasteiger partial charge in [0.25, 0.3) is 5.91 Å². The monoisotopic (exact) mass is 658 g/mol. The topological polar surface area (TPSA) is 160 Å². The Hall–Kier alpha value is -5.04. The van der Waals surface area contributed by atoms with Gasteiger partial charge in [0.15, 0.2) is 28.6 Å². The Balaban J connectivity index is 1.46. The lowest BCUT2D eigenvalue weighted by atomic mass is 9.77. The number of benzene rings is 3. The minimum atomic E-state index is -1.31. The molecule has 12 heteroatoms. The van der Waals surface area contributed by atoms with Gasteiger partial charge in [-0.05, 0) is 54.0 Å². The summed E-state index contributed by atoms with van der Waals surface area (Å²) in [7, 11) is 4.55. The molecule has 2 amide bonds. The zero-order chi connectivity index (χ0) is 33.9. The second-order valence-corrected chi connectivity index (χ2v) is 11.6. The van der Waals surface area contributed by atoms with Crippen molar-refractivity contribution in [2.75, 3.05) is 41.0 Å². The van der Waals surface area contributed by atoms with Crippen LogP contribution in [0.5, 0.6) is 23.0 Å². The van der Waals surface area contributed by atoms with E-state index in [2.05, 4.69) is 5.32 Å². The number of methoxy groups -OCH3 is 3. The van der Waals surface area contributed by atoms with Crippen LogP contribution in [-0.2, 0) is 17.8 Å². The van der Waals surface area contributed by atoms with Crippen molar-refractivity contribution in [1.82, 2.24) is 10.2 Å². The van der Waals surface area contributed by atoms with Gasteiger partial charge >= 0.3 is 0 Å². The average Bonchev–Trinajstić information content (AvgIpc) is 3.74. The highest BCUT2D eigenvalue weighted by Gasteiger charge is 2.51. The van der Waals surface area contributed by atoms with Crippen molar-refractivity contribution in [3.63, 3.8) is 0 Å². The van der Waals surface area contributed by atoms with Crippen LogP contribution in [0.1, 0.15) is 33.2 Å². The Morgan fingerprint density at radius 1 is 0.938 bits per heavy atom. The first-order valence-corrected chi connectivity index (χ1v) is 15.6. The molecular weight excluding hydrogens is 620 g/mol. The second-order valence-electron chi connectivity index (χ2n) is 11.6. The second kappa shape index (κ2) is 14.0. The highest BCUT2D eigenvalue weighted by atomic mass is 16.5. The fraction of sp³-hybridized carbons (Fsp3) is 0.333. The molecule has 6 rings (SSSR count). The first-order chi connectivity index (χ1) is 23.3. The summed E-state index contributed by atoms with van der Waals surface area (Å²) in [6.45, 7) is -0.464. The third kappa shape index (κ3) is 5.94. The number of hydrogen-bond acceptors (Lipinski definition) is 10. The van der Waals surface area contributed by atoms with E-state index in [1.165, 1.54) is 19.1 Å². The summed E-state index contributed by atoms with van der Waals surface area (Å²) in [5.41, 5.74) is 2.57. The van der Waals surface area contributed by atoms with Gasteiger partial charge in [-0.3, -0.25) is 9.59 Å². The Bertz CT molecular complexity index is 1850. The molecule has 4 unspecified atom stereocenters. The Morgan fingerprint density at radius 2 is 1.69 bits per heavy atom. The number of nitrogens with one attached hydrogen (secondary N) is 1. The SMILES string of the molecule is COc1ccccc1CCN(C(=O)c1cc2cccc(OC)c2o1)C1C=C(C(=O)NCCO)C2c3cc(CO)cc(OC)c3OC2C1O. The van der Waals surface area contributed by atoms with Crippen LogP contribution in [0.15, 0.2) is 76.7 Å². The molecule has 12 nitrogen and oxygen atoms in total. The molecular formula is C36H38N2O10. The van der Waals surface area contributed by atoms with E-state index >= 15 is 0 Å². The quantitative estimate of drug-likeness (QED) is 0.178. The van der Waals surface area contributed by atoms with Crippen LogP contribution in [0, 0.1) is 0 Å². The molecule has 4 atom stereocenters. The summed E-state index contributed by atoms with van der Waals surface area (Å²) in [6, 6.07) is 16.7. The summed E-state index contributed by atoms with van der Waals surface area (Å²) in [6.07, 6.45) is -0.367. The Kier molecular flexibility index (Phi) is 9.58. The molecule has 0 saturated carbocycles. The molecule has 1 aliphatic carbocycles. The molecule has 0 fully saturated rings. The van der Waals surface area contributed by atoms with E-state index < -0.39 is 36.0 Å². The Morgan fingerprint density at radius 3 is 2.42 bits per heavy atom. The van der Waals surface area contributed by atoms with Gasteiger partial charge in [-0.2, -0.15) is 0 Å². The van der Waals surface area contributed by atoms with Crippen LogP contribution in [0.25, 0.3) is 11.0 Å². The average molecular weight is 659 g/mol. The van der Waals surface area contributed by atoms with Crippen LogP contribution >= 0.6 is 0 Å². The summed E-state index contributed by atoms with van der Waals surface area (Å²) in [4.78, 5) is 29.7. The predicted octanol–water partition coefficient (Wildman–Crippen LogP) is 2.96. The van der Waals surface area contributed by atoms with E-state index in [-0.39, 0.29) is 37.6 Å². The smallest absolute Gasteiger partial charge is 0.290 e. The van der Waals surface area contributed by atoms with Crippen molar-refractivity contribution in [3.05, 3.63) is 94.8 Å². The minimum absolute atomic E-state index is 0.00818. The summed E-state index contributed by atoms with van der Waals surface area (Å²) in [5, 5.41) is 34.9. The van der Waals surface area contributed by atoms with E-state index in [0.717, 1.165) is 5.56 Å². The van der Waals surface area contributed by atoms with Crippen molar-refractivity contribution in [2.45, 2.75) is 37.2 Å². The highest BCUT2D eigenvalue weighted by molar-refractivity contribution is 5.99. The van der Waals surface area contributed by atoms with Gasteiger partial charge in [-0.1, -0.05) is 30.3 Å². The van der Waals surface area contributed by atoms with E-state index in [1.54, 1.807) is 49.6 Å². The van der Waals surface area contributed by atoms with Gasteiger partial charge < -0.3 is 48.9 Å². The molecule has 3 aromatic carbocycles. The molecule has 4 aromatic rings. The third-order valence-corrected chi connectivity index (χ3v) is 8.87. The molecule has 48 heavy (non-hydrogen) atoms. The van der Waals surface area contributed by atoms with Gasteiger partial charge in [0.1, 0.15) is 18.0 Å². The number of para-hydroxylation sites is 2. The lowest BCUT2D eigenvalue weighted by Gasteiger charge is -2.40. The fourth-order valence-corrected chi connectivity index (χ4v) is 6.60. The van der Waals surface area contributed by atoms with Gasteiger partial charge in [-0.15, -0.1) is 0 Å². The molecule has 1 aromatic heterocycles. The van der Waals surface area contributed by atoms with Crippen LogP contribution in [0.4, 0.5) is 0 Å². The number of aliphatic hydroxyl groups is 3. The number of carbonyl (C=O) groups is 2. The zero-order valence-electron chi connectivity index (χ0n) is 26.8. The van der Waals surface area contributed by atoms with Crippen molar-refractivity contribution in [1.29, 1.82) is 0 Å². The molecule has 252 valence electrons. The molecule has 0 bridgehead atoms. The number of furan rings is 1. The number of hydrogen-bond donors (Lipinski definition) is 4. The van der Waals surface area contributed by atoms with Crippen LogP contribution in [0.3, 0.4) is 0 Å².